The highest BCUT2D eigenvalue weighted by Gasteiger charge is 2.38. The van der Waals surface area contributed by atoms with Crippen LogP contribution in [-0.4, -0.2) is 56.6 Å². The van der Waals surface area contributed by atoms with E-state index in [9.17, 15) is 14.4 Å². The van der Waals surface area contributed by atoms with Gasteiger partial charge < -0.3 is 19.9 Å². The number of ether oxygens (including phenoxy) is 1. The second kappa shape index (κ2) is 9.68. The maximum absolute atomic E-state index is 13.4. The standard InChI is InChI=1S/C21H29N3O4/c1-28-20(26)14-18-21(27)22-12-13-23(18)15-19(25)24(16-8-4-2-5-9-16)17-10-6-3-7-11-17/h2,4-5,8-9,17-18H,3,6-7,10-15H2,1H3,(H,22,27)/p+1/t18-/m0/s1. The highest BCUT2D eigenvalue weighted by atomic mass is 16.5. The van der Waals surface area contributed by atoms with E-state index in [-0.39, 0.29) is 30.8 Å². The Kier molecular flexibility index (Phi) is 7.03. The molecule has 2 atom stereocenters. The van der Waals surface area contributed by atoms with E-state index in [0.717, 1.165) is 36.3 Å². The number of carbonyl (C=O) groups is 3. The third-order valence-corrected chi connectivity index (χ3v) is 5.77. The molecule has 0 radical (unpaired) electrons. The second-order valence-corrected chi connectivity index (χ2v) is 7.60. The molecule has 152 valence electrons. The molecule has 1 saturated heterocycles. The van der Waals surface area contributed by atoms with Gasteiger partial charge in [-0.1, -0.05) is 37.5 Å². The summed E-state index contributed by atoms with van der Waals surface area (Å²) in [5.41, 5.74) is 0.907. The SMILES string of the molecule is COC(=O)C[C@H]1C(=O)NCC[NH+]1CC(=O)N(c1ccccc1)C1CCCCC1. The fraction of sp³-hybridized carbons (Fsp3) is 0.571. The van der Waals surface area contributed by atoms with Gasteiger partial charge in [-0.25, -0.2) is 0 Å². The average Bonchev–Trinajstić information content (AvgIpc) is 2.72. The highest BCUT2D eigenvalue weighted by Crippen LogP contribution is 2.27. The van der Waals surface area contributed by atoms with Gasteiger partial charge in [0.2, 0.25) is 0 Å². The molecular weight excluding hydrogens is 358 g/mol. The molecule has 2 N–H and O–H groups in total. The van der Waals surface area contributed by atoms with Crippen molar-refractivity contribution in [2.45, 2.75) is 50.6 Å². The molecule has 1 aliphatic carbocycles. The van der Waals surface area contributed by atoms with Gasteiger partial charge in [-0.15, -0.1) is 0 Å². The van der Waals surface area contributed by atoms with Crippen LogP contribution in [0.1, 0.15) is 38.5 Å². The summed E-state index contributed by atoms with van der Waals surface area (Å²) in [4.78, 5) is 40.2. The Morgan fingerprint density at radius 3 is 2.57 bits per heavy atom. The molecule has 0 spiro atoms. The van der Waals surface area contributed by atoms with Crippen molar-refractivity contribution in [1.29, 1.82) is 0 Å². The van der Waals surface area contributed by atoms with Gasteiger partial charge in [-0.2, -0.15) is 0 Å². The van der Waals surface area contributed by atoms with Gasteiger partial charge in [0, 0.05) is 11.7 Å². The number of amides is 2. The zero-order chi connectivity index (χ0) is 19.9. The summed E-state index contributed by atoms with van der Waals surface area (Å²) in [7, 11) is 1.31. The number of benzene rings is 1. The van der Waals surface area contributed by atoms with E-state index in [4.69, 9.17) is 4.74 Å². The fourth-order valence-corrected chi connectivity index (χ4v) is 4.29. The van der Waals surface area contributed by atoms with Gasteiger partial charge in [0.15, 0.2) is 12.6 Å². The number of anilines is 1. The molecule has 0 bridgehead atoms. The second-order valence-electron chi connectivity index (χ2n) is 7.60. The third-order valence-electron chi connectivity index (χ3n) is 5.77. The molecule has 7 nitrogen and oxygen atoms in total. The molecule has 2 fully saturated rings. The summed E-state index contributed by atoms with van der Waals surface area (Å²) in [6.45, 7) is 1.32. The number of quaternary nitrogens is 1. The van der Waals surface area contributed by atoms with Crippen molar-refractivity contribution in [3.8, 4) is 0 Å². The van der Waals surface area contributed by atoms with Crippen molar-refractivity contribution in [3.63, 3.8) is 0 Å². The lowest BCUT2D eigenvalue weighted by Crippen LogP contribution is -3.20. The Morgan fingerprint density at radius 2 is 1.89 bits per heavy atom. The first kappa shape index (κ1) is 20.3. The lowest BCUT2D eigenvalue weighted by Gasteiger charge is -2.37. The van der Waals surface area contributed by atoms with E-state index in [1.54, 1.807) is 0 Å². The van der Waals surface area contributed by atoms with Crippen LogP contribution in [0.3, 0.4) is 0 Å². The highest BCUT2D eigenvalue weighted by molar-refractivity contribution is 5.95. The molecule has 1 aliphatic heterocycles. The number of piperazine rings is 1. The summed E-state index contributed by atoms with van der Waals surface area (Å²) in [5.74, 6) is -0.611. The molecule has 3 rings (SSSR count). The van der Waals surface area contributed by atoms with Gasteiger partial charge in [0.25, 0.3) is 11.8 Å². The summed E-state index contributed by atoms with van der Waals surface area (Å²) < 4.78 is 4.74. The zero-order valence-electron chi connectivity index (χ0n) is 16.5. The minimum absolute atomic E-state index is 0.0117. The Balaban J connectivity index is 1.77. The summed E-state index contributed by atoms with van der Waals surface area (Å²) in [6.07, 6.45) is 5.46. The van der Waals surface area contributed by atoms with E-state index in [0.29, 0.717) is 13.1 Å². The maximum Gasteiger partial charge on any atom is 0.312 e. The smallest absolute Gasteiger partial charge is 0.312 e. The van der Waals surface area contributed by atoms with Crippen LogP contribution in [-0.2, 0) is 19.1 Å². The fourth-order valence-electron chi connectivity index (χ4n) is 4.29. The first-order chi connectivity index (χ1) is 13.6. The molecule has 28 heavy (non-hydrogen) atoms. The number of nitrogens with one attached hydrogen (secondary N) is 2. The lowest BCUT2D eigenvalue weighted by atomic mass is 9.93. The van der Waals surface area contributed by atoms with E-state index >= 15 is 0 Å². The number of rotatable bonds is 6. The van der Waals surface area contributed by atoms with Crippen LogP contribution in [0.2, 0.25) is 0 Å². The first-order valence-corrected chi connectivity index (χ1v) is 10.2. The van der Waals surface area contributed by atoms with Gasteiger partial charge in [0.1, 0.15) is 6.42 Å². The number of nitrogens with zero attached hydrogens (tertiary/aromatic N) is 1. The first-order valence-electron chi connectivity index (χ1n) is 10.2. The number of hydrogen-bond acceptors (Lipinski definition) is 4. The van der Waals surface area contributed by atoms with Crippen molar-refractivity contribution in [2.24, 2.45) is 0 Å². The topological polar surface area (TPSA) is 80.1 Å². The molecule has 1 aromatic rings. The van der Waals surface area contributed by atoms with Crippen LogP contribution in [0.5, 0.6) is 0 Å². The molecule has 2 amide bonds. The largest absolute Gasteiger partial charge is 0.469 e. The van der Waals surface area contributed by atoms with Gasteiger partial charge in [0.05, 0.1) is 20.2 Å². The Morgan fingerprint density at radius 1 is 1.18 bits per heavy atom. The molecule has 1 unspecified atom stereocenters. The summed E-state index contributed by atoms with van der Waals surface area (Å²) in [5, 5.41) is 2.80. The van der Waals surface area contributed by atoms with Crippen LogP contribution < -0.4 is 15.1 Å². The van der Waals surface area contributed by atoms with Crippen LogP contribution in [0.4, 0.5) is 5.69 Å². The molecule has 0 aromatic heterocycles. The Bertz CT molecular complexity index is 688. The Labute approximate surface area is 166 Å². The van der Waals surface area contributed by atoms with Gasteiger partial charge in [-0.3, -0.25) is 14.4 Å². The van der Waals surface area contributed by atoms with Crippen LogP contribution >= 0.6 is 0 Å². The van der Waals surface area contributed by atoms with Crippen molar-refractivity contribution >= 4 is 23.5 Å². The minimum atomic E-state index is -0.589. The molecule has 2 aliphatic rings. The van der Waals surface area contributed by atoms with Gasteiger partial charge in [-0.05, 0) is 25.0 Å². The molecule has 1 saturated carbocycles. The monoisotopic (exact) mass is 388 g/mol. The molecule has 7 heteroatoms. The van der Waals surface area contributed by atoms with Crippen molar-refractivity contribution in [3.05, 3.63) is 30.3 Å². The predicted molar refractivity (Wildman–Crippen MR) is 105 cm³/mol. The van der Waals surface area contributed by atoms with Crippen molar-refractivity contribution in [1.82, 2.24) is 5.32 Å². The Hall–Kier alpha value is -2.41. The molecule has 1 aromatic carbocycles. The van der Waals surface area contributed by atoms with E-state index < -0.39 is 12.0 Å². The summed E-state index contributed by atoms with van der Waals surface area (Å²) in [6, 6.07) is 9.38. The van der Waals surface area contributed by atoms with Gasteiger partial charge >= 0.3 is 5.97 Å². The minimum Gasteiger partial charge on any atom is -0.469 e. The van der Waals surface area contributed by atoms with Crippen molar-refractivity contribution < 1.29 is 24.0 Å². The van der Waals surface area contributed by atoms with Crippen LogP contribution in [0, 0.1) is 0 Å². The van der Waals surface area contributed by atoms with E-state index in [2.05, 4.69) is 5.32 Å². The number of para-hydroxylation sites is 1. The number of methoxy groups -OCH3 is 1. The van der Waals surface area contributed by atoms with Crippen molar-refractivity contribution in [2.75, 3.05) is 31.6 Å². The zero-order valence-corrected chi connectivity index (χ0v) is 16.5. The van der Waals surface area contributed by atoms with E-state index in [1.807, 2.05) is 35.2 Å². The number of esters is 1. The molecular formula is C21H30N3O4+. The predicted octanol–water partition coefficient (Wildman–Crippen LogP) is 0.299. The molecule has 1 heterocycles. The lowest BCUT2D eigenvalue weighted by molar-refractivity contribution is -0.909. The maximum atomic E-state index is 13.4. The normalized spacial score (nSPS) is 23.0. The third kappa shape index (κ3) is 4.90. The van der Waals surface area contributed by atoms with Crippen LogP contribution in [0.15, 0.2) is 30.3 Å². The average molecular weight is 388 g/mol. The summed E-state index contributed by atoms with van der Waals surface area (Å²) >= 11 is 0. The number of carbonyl (C=O) groups excluding carboxylic acids is 3. The number of hydrogen-bond donors (Lipinski definition) is 2. The quantitative estimate of drug-likeness (QED) is 0.687. The van der Waals surface area contributed by atoms with E-state index in [1.165, 1.54) is 13.5 Å². The van der Waals surface area contributed by atoms with Crippen LogP contribution in [0.25, 0.3) is 0 Å².